The van der Waals surface area contributed by atoms with Gasteiger partial charge in [-0.25, -0.2) is 4.85 Å². The summed E-state index contributed by atoms with van der Waals surface area (Å²) in [6.45, 7) is 9.89. The zero-order valence-corrected chi connectivity index (χ0v) is 14.4. The molecular weight excluding hydrogens is 310 g/mol. The van der Waals surface area contributed by atoms with Crippen LogP contribution < -0.4 is 0 Å². The van der Waals surface area contributed by atoms with Crippen molar-refractivity contribution in [3.63, 3.8) is 0 Å². The molecule has 0 saturated carbocycles. The van der Waals surface area contributed by atoms with Crippen LogP contribution >= 0.6 is 0 Å². The molecule has 2 aromatic rings. The van der Waals surface area contributed by atoms with Crippen molar-refractivity contribution in [1.82, 2.24) is 9.80 Å². The van der Waals surface area contributed by atoms with Gasteiger partial charge in [0.2, 0.25) is 0 Å². The first-order valence-corrected chi connectivity index (χ1v) is 8.76. The summed E-state index contributed by atoms with van der Waals surface area (Å²) in [5, 5.41) is 0. The van der Waals surface area contributed by atoms with E-state index in [1.165, 1.54) is 0 Å². The van der Waals surface area contributed by atoms with Crippen molar-refractivity contribution in [2.45, 2.75) is 25.4 Å². The van der Waals surface area contributed by atoms with Crippen molar-refractivity contribution in [1.29, 1.82) is 0 Å². The van der Waals surface area contributed by atoms with E-state index in [1.54, 1.807) is 0 Å². The number of piperidine rings is 1. The number of benzene rings is 2. The fourth-order valence-electron chi connectivity index (χ4n) is 3.85. The van der Waals surface area contributed by atoms with E-state index in [2.05, 4.69) is 27.8 Å². The van der Waals surface area contributed by atoms with Crippen molar-refractivity contribution in [2.24, 2.45) is 0 Å². The van der Waals surface area contributed by atoms with E-state index in [4.69, 9.17) is 6.57 Å². The fourth-order valence-corrected chi connectivity index (χ4v) is 3.85. The summed E-state index contributed by atoms with van der Waals surface area (Å²) in [7, 11) is 2.14. The van der Waals surface area contributed by atoms with Gasteiger partial charge in [0.25, 0.3) is 5.91 Å². The molecule has 0 aromatic heterocycles. The van der Waals surface area contributed by atoms with E-state index in [9.17, 15) is 4.79 Å². The molecule has 0 bridgehead atoms. The van der Waals surface area contributed by atoms with Crippen LogP contribution in [-0.2, 0) is 6.54 Å². The Morgan fingerprint density at radius 3 is 2.40 bits per heavy atom. The summed E-state index contributed by atoms with van der Waals surface area (Å²) in [5.74, 6) is 0.180. The second-order valence-electron chi connectivity index (χ2n) is 7.00. The van der Waals surface area contributed by atoms with Gasteiger partial charge < -0.3 is 9.80 Å². The monoisotopic (exact) mass is 331 g/mol. The van der Waals surface area contributed by atoms with Gasteiger partial charge in [0.15, 0.2) is 5.69 Å². The molecular formula is C21H21N3O. The van der Waals surface area contributed by atoms with Crippen molar-refractivity contribution in [2.75, 3.05) is 20.1 Å². The minimum atomic E-state index is 0.180. The van der Waals surface area contributed by atoms with Gasteiger partial charge in [-0.1, -0.05) is 30.3 Å². The smallest absolute Gasteiger partial charge is 0.254 e. The highest BCUT2D eigenvalue weighted by Gasteiger charge is 2.34. The van der Waals surface area contributed by atoms with E-state index < -0.39 is 0 Å². The lowest BCUT2D eigenvalue weighted by atomic mass is 10.0. The summed E-state index contributed by atoms with van der Waals surface area (Å²) >= 11 is 0. The molecule has 0 atom stereocenters. The van der Waals surface area contributed by atoms with Crippen LogP contribution in [0, 0.1) is 6.57 Å². The summed E-state index contributed by atoms with van der Waals surface area (Å²) in [6.07, 6.45) is 2.11. The number of amides is 1. The van der Waals surface area contributed by atoms with Crippen LogP contribution in [0.25, 0.3) is 16.0 Å². The van der Waals surface area contributed by atoms with Gasteiger partial charge in [0.1, 0.15) is 0 Å². The first-order valence-electron chi connectivity index (χ1n) is 8.76. The summed E-state index contributed by atoms with van der Waals surface area (Å²) in [5.41, 5.74) is 4.80. The number of hydrogen-bond acceptors (Lipinski definition) is 2. The maximum Gasteiger partial charge on any atom is 0.254 e. The largest absolute Gasteiger partial charge is 0.331 e. The lowest BCUT2D eigenvalue weighted by Gasteiger charge is -2.34. The average Bonchev–Trinajstić information content (AvgIpc) is 2.98. The van der Waals surface area contributed by atoms with Crippen molar-refractivity contribution in [3.8, 4) is 11.1 Å². The second-order valence-corrected chi connectivity index (χ2v) is 7.00. The Bertz CT molecular complexity index is 842. The highest BCUT2D eigenvalue weighted by molar-refractivity contribution is 5.99. The molecule has 2 aliphatic rings. The third-order valence-electron chi connectivity index (χ3n) is 5.40. The van der Waals surface area contributed by atoms with Crippen LogP contribution in [0.5, 0.6) is 0 Å². The number of carbonyl (C=O) groups is 1. The SMILES string of the molecule is [C-]#[N+]c1ccc(-c2ccc3c(c2)CN(C2CCN(C)CC2)C3=O)cc1. The number of carbonyl (C=O) groups excluding carboxylic acids is 1. The molecule has 4 nitrogen and oxygen atoms in total. The van der Waals surface area contributed by atoms with Gasteiger partial charge in [0, 0.05) is 18.2 Å². The van der Waals surface area contributed by atoms with Crippen molar-refractivity contribution >= 4 is 11.6 Å². The van der Waals surface area contributed by atoms with E-state index in [1.807, 2.05) is 36.4 Å². The molecule has 2 heterocycles. The number of rotatable bonds is 2. The van der Waals surface area contributed by atoms with E-state index in [0.29, 0.717) is 11.7 Å². The maximum absolute atomic E-state index is 12.8. The molecule has 1 fully saturated rings. The molecule has 2 aliphatic heterocycles. The van der Waals surface area contributed by atoms with E-state index >= 15 is 0 Å². The highest BCUT2D eigenvalue weighted by Crippen LogP contribution is 2.32. The predicted octanol–water partition coefficient (Wildman–Crippen LogP) is 3.95. The first kappa shape index (κ1) is 15.9. The van der Waals surface area contributed by atoms with Crippen molar-refractivity contribution < 1.29 is 4.79 Å². The Morgan fingerprint density at radius 1 is 1.04 bits per heavy atom. The fraction of sp³-hybridized carbons (Fsp3) is 0.333. The van der Waals surface area contributed by atoms with Crippen LogP contribution in [-0.4, -0.2) is 41.9 Å². The molecule has 4 rings (SSSR count). The lowest BCUT2D eigenvalue weighted by Crippen LogP contribution is -2.43. The molecule has 126 valence electrons. The highest BCUT2D eigenvalue weighted by atomic mass is 16.2. The zero-order chi connectivity index (χ0) is 17.4. The Balaban J connectivity index is 1.58. The number of hydrogen-bond donors (Lipinski definition) is 0. The Kier molecular flexibility index (Phi) is 4.03. The van der Waals surface area contributed by atoms with Gasteiger partial charge in [-0.15, -0.1) is 0 Å². The summed E-state index contributed by atoms with van der Waals surface area (Å²) < 4.78 is 0. The van der Waals surface area contributed by atoms with Gasteiger partial charge in [-0.3, -0.25) is 4.79 Å². The van der Waals surface area contributed by atoms with Gasteiger partial charge in [-0.2, -0.15) is 0 Å². The molecule has 0 radical (unpaired) electrons. The van der Waals surface area contributed by atoms with Crippen LogP contribution in [0.3, 0.4) is 0 Å². The van der Waals surface area contributed by atoms with Crippen LogP contribution in [0.15, 0.2) is 42.5 Å². The number of nitrogens with zero attached hydrogens (tertiary/aromatic N) is 3. The third kappa shape index (κ3) is 2.92. The molecule has 25 heavy (non-hydrogen) atoms. The van der Waals surface area contributed by atoms with Gasteiger partial charge in [-0.05, 0) is 61.8 Å². The standard InChI is InChI=1S/C21H21N3O/c1-22-18-6-3-15(4-7-18)16-5-8-20-17(13-16)14-24(21(20)25)19-9-11-23(2)12-10-19/h3-8,13,19H,9-12,14H2,2H3. The molecule has 2 aromatic carbocycles. The Morgan fingerprint density at radius 2 is 1.72 bits per heavy atom. The van der Waals surface area contributed by atoms with Crippen LogP contribution in [0.1, 0.15) is 28.8 Å². The topological polar surface area (TPSA) is 27.9 Å². The summed E-state index contributed by atoms with van der Waals surface area (Å²) in [6, 6.07) is 14.1. The number of likely N-dealkylation sites (tertiary alicyclic amines) is 1. The Hall–Kier alpha value is -2.64. The molecule has 0 spiro atoms. The summed E-state index contributed by atoms with van der Waals surface area (Å²) in [4.78, 5) is 20.6. The molecule has 0 unspecified atom stereocenters. The minimum Gasteiger partial charge on any atom is -0.331 e. The maximum atomic E-state index is 12.8. The molecule has 1 saturated heterocycles. The zero-order valence-electron chi connectivity index (χ0n) is 14.4. The van der Waals surface area contributed by atoms with Crippen LogP contribution in [0.4, 0.5) is 5.69 Å². The Labute approximate surface area is 148 Å². The third-order valence-corrected chi connectivity index (χ3v) is 5.40. The van der Waals surface area contributed by atoms with Crippen molar-refractivity contribution in [3.05, 3.63) is 65.0 Å². The molecule has 0 aliphatic carbocycles. The van der Waals surface area contributed by atoms with E-state index in [-0.39, 0.29) is 5.91 Å². The lowest BCUT2D eigenvalue weighted by molar-refractivity contribution is 0.0617. The normalized spacial score (nSPS) is 18.2. The second kappa shape index (κ2) is 6.34. The minimum absolute atomic E-state index is 0.180. The van der Waals surface area contributed by atoms with Gasteiger partial charge >= 0.3 is 0 Å². The first-order chi connectivity index (χ1) is 12.2. The molecule has 1 amide bonds. The van der Waals surface area contributed by atoms with Gasteiger partial charge in [0.05, 0.1) is 6.57 Å². The molecule has 0 N–H and O–H groups in total. The predicted molar refractivity (Wildman–Crippen MR) is 98.5 cm³/mol. The number of fused-ring (bicyclic) bond motifs is 1. The van der Waals surface area contributed by atoms with Crippen LogP contribution in [0.2, 0.25) is 0 Å². The quantitative estimate of drug-likeness (QED) is 0.779. The average molecular weight is 331 g/mol. The molecule has 4 heteroatoms. The van der Waals surface area contributed by atoms with E-state index in [0.717, 1.165) is 54.7 Å².